The Morgan fingerprint density at radius 3 is 2.39 bits per heavy atom. The number of rotatable bonds is 8. The topological polar surface area (TPSA) is 84.5 Å². The van der Waals surface area contributed by atoms with Crippen LogP contribution in [0.15, 0.2) is 42.5 Å². The highest BCUT2D eigenvalue weighted by molar-refractivity contribution is 6.31. The molecule has 0 saturated heterocycles. The molecular formula is C21H20ClF3N2O4. The van der Waals surface area contributed by atoms with E-state index in [1.807, 2.05) is 6.92 Å². The van der Waals surface area contributed by atoms with Crippen LogP contribution in [0.5, 0.6) is 0 Å². The van der Waals surface area contributed by atoms with Crippen LogP contribution in [0.3, 0.4) is 0 Å². The third-order valence-electron chi connectivity index (χ3n) is 4.11. The number of para-hydroxylation sites is 1. The molecule has 31 heavy (non-hydrogen) atoms. The van der Waals surface area contributed by atoms with Gasteiger partial charge in [-0.3, -0.25) is 14.4 Å². The van der Waals surface area contributed by atoms with Gasteiger partial charge in [-0.25, -0.2) is 0 Å². The number of ether oxygens (including phenoxy) is 1. The van der Waals surface area contributed by atoms with Crippen molar-refractivity contribution in [1.29, 1.82) is 0 Å². The van der Waals surface area contributed by atoms with Gasteiger partial charge in [-0.2, -0.15) is 13.2 Å². The number of amides is 2. The summed E-state index contributed by atoms with van der Waals surface area (Å²) in [7, 11) is 0. The lowest BCUT2D eigenvalue weighted by Crippen LogP contribution is -2.22. The minimum atomic E-state index is -4.63. The summed E-state index contributed by atoms with van der Waals surface area (Å²) in [5, 5.41) is 5.23. The highest BCUT2D eigenvalue weighted by Gasteiger charge is 2.33. The van der Waals surface area contributed by atoms with Gasteiger partial charge in [0.15, 0.2) is 6.61 Å². The number of hydrogen-bond donors (Lipinski definition) is 2. The molecule has 2 rings (SSSR count). The second-order valence-electron chi connectivity index (χ2n) is 6.62. The summed E-state index contributed by atoms with van der Waals surface area (Å²) in [5.41, 5.74) is -0.0354. The highest BCUT2D eigenvalue weighted by Crippen LogP contribution is 2.34. The van der Waals surface area contributed by atoms with Gasteiger partial charge < -0.3 is 15.4 Å². The Morgan fingerprint density at radius 1 is 1.00 bits per heavy atom. The number of alkyl halides is 3. The van der Waals surface area contributed by atoms with Gasteiger partial charge in [-0.1, -0.05) is 29.8 Å². The summed E-state index contributed by atoms with van der Waals surface area (Å²) < 4.78 is 43.5. The SMILES string of the molecule is Cc1ccc(NC(=O)CCCC(=O)OCC(=O)Nc2ccccc2C(F)(F)F)cc1Cl. The lowest BCUT2D eigenvalue weighted by molar-refractivity contribution is -0.147. The maximum absolute atomic E-state index is 12.9. The first-order valence-electron chi connectivity index (χ1n) is 9.24. The van der Waals surface area contributed by atoms with Crippen molar-refractivity contribution in [3.8, 4) is 0 Å². The van der Waals surface area contributed by atoms with E-state index in [9.17, 15) is 27.6 Å². The van der Waals surface area contributed by atoms with Gasteiger partial charge in [-0.15, -0.1) is 0 Å². The zero-order chi connectivity index (χ0) is 23.0. The van der Waals surface area contributed by atoms with Crippen molar-refractivity contribution in [1.82, 2.24) is 0 Å². The van der Waals surface area contributed by atoms with Crippen LogP contribution in [0, 0.1) is 6.92 Å². The van der Waals surface area contributed by atoms with E-state index in [0.717, 1.165) is 17.7 Å². The van der Waals surface area contributed by atoms with Crippen LogP contribution in [-0.2, 0) is 25.3 Å². The molecule has 2 aromatic rings. The minimum absolute atomic E-state index is 0.0335. The number of carbonyl (C=O) groups is 3. The second-order valence-corrected chi connectivity index (χ2v) is 7.03. The molecule has 2 N–H and O–H groups in total. The molecule has 2 amide bonds. The van der Waals surface area contributed by atoms with Crippen molar-refractivity contribution < 1.29 is 32.3 Å². The molecule has 0 saturated carbocycles. The predicted octanol–water partition coefficient (Wildman–Crippen LogP) is 4.96. The van der Waals surface area contributed by atoms with E-state index in [2.05, 4.69) is 10.6 Å². The monoisotopic (exact) mass is 456 g/mol. The van der Waals surface area contributed by atoms with Crippen molar-refractivity contribution in [2.24, 2.45) is 0 Å². The molecule has 166 valence electrons. The summed E-state index contributed by atoms with van der Waals surface area (Å²) in [6, 6.07) is 9.53. The number of anilines is 2. The smallest absolute Gasteiger partial charge is 0.418 e. The molecule has 10 heteroatoms. The molecule has 0 aliphatic rings. The normalized spacial score (nSPS) is 11.0. The van der Waals surface area contributed by atoms with Gasteiger partial charge in [0, 0.05) is 23.6 Å². The van der Waals surface area contributed by atoms with Crippen LogP contribution in [0.4, 0.5) is 24.5 Å². The number of hydrogen-bond acceptors (Lipinski definition) is 4. The highest BCUT2D eigenvalue weighted by atomic mass is 35.5. The Bertz CT molecular complexity index is 964. The number of esters is 1. The van der Waals surface area contributed by atoms with E-state index < -0.39 is 35.9 Å². The van der Waals surface area contributed by atoms with Crippen LogP contribution >= 0.6 is 11.6 Å². The van der Waals surface area contributed by atoms with Crippen molar-refractivity contribution >= 4 is 40.8 Å². The molecule has 0 spiro atoms. The number of benzene rings is 2. The van der Waals surface area contributed by atoms with Crippen LogP contribution in [0.25, 0.3) is 0 Å². The maximum Gasteiger partial charge on any atom is 0.418 e. The van der Waals surface area contributed by atoms with Crippen molar-refractivity contribution in [3.63, 3.8) is 0 Å². The number of nitrogens with one attached hydrogen (secondary N) is 2. The zero-order valence-electron chi connectivity index (χ0n) is 16.5. The lowest BCUT2D eigenvalue weighted by atomic mass is 10.1. The molecule has 0 aliphatic heterocycles. The number of halogens is 4. The Labute approximate surface area is 181 Å². The fourth-order valence-electron chi connectivity index (χ4n) is 2.53. The second kappa shape index (κ2) is 10.8. The summed E-state index contributed by atoms with van der Waals surface area (Å²) in [5.74, 6) is -1.97. The van der Waals surface area contributed by atoms with Crippen molar-refractivity contribution in [2.45, 2.75) is 32.4 Å². The molecule has 0 heterocycles. The molecule has 0 unspecified atom stereocenters. The third kappa shape index (κ3) is 7.93. The average Bonchev–Trinajstić information content (AvgIpc) is 2.69. The van der Waals surface area contributed by atoms with Crippen LogP contribution in [-0.4, -0.2) is 24.4 Å². The molecule has 0 atom stereocenters. The van der Waals surface area contributed by atoms with Crippen molar-refractivity contribution in [3.05, 3.63) is 58.6 Å². The van der Waals surface area contributed by atoms with Gasteiger partial charge in [0.05, 0.1) is 11.3 Å². The molecule has 0 fully saturated rings. The fraction of sp³-hybridized carbons (Fsp3) is 0.286. The van der Waals surface area contributed by atoms with E-state index in [-0.39, 0.29) is 25.2 Å². The largest absolute Gasteiger partial charge is 0.456 e. The molecule has 6 nitrogen and oxygen atoms in total. The first kappa shape index (κ1) is 24.2. The van der Waals surface area contributed by atoms with Gasteiger partial charge in [0.1, 0.15) is 0 Å². The van der Waals surface area contributed by atoms with Crippen LogP contribution in [0.2, 0.25) is 5.02 Å². The van der Waals surface area contributed by atoms with Crippen molar-refractivity contribution in [2.75, 3.05) is 17.2 Å². The maximum atomic E-state index is 12.9. The van der Waals surface area contributed by atoms with Gasteiger partial charge in [0.25, 0.3) is 5.91 Å². The first-order chi connectivity index (χ1) is 14.6. The van der Waals surface area contributed by atoms with E-state index in [1.165, 1.54) is 12.1 Å². The van der Waals surface area contributed by atoms with E-state index >= 15 is 0 Å². The lowest BCUT2D eigenvalue weighted by Gasteiger charge is -2.13. The Balaban J connectivity index is 1.72. The van der Waals surface area contributed by atoms with Gasteiger partial charge in [0.2, 0.25) is 5.91 Å². The summed E-state index contributed by atoms with van der Waals surface area (Å²) in [6.07, 6.45) is -4.56. The summed E-state index contributed by atoms with van der Waals surface area (Å²) >= 11 is 5.98. The summed E-state index contributed by atoms with van der Waals surface area (Å²) in [6.45, 7) is 1.09. The molecule has 0 bridgehead atoms. The zero-order valence-corrected chi connectivity index (χ0v) is 17.3. The standard InChI is InChI=1S/C21H20ClF3N2O4/c1-13-9-10-14(11-16(13)22)26-18(28)7-4-8-20(30)31-12-19(29)27-17-6-3-2-5-15(17)21(23,24)25/h2-3,5-6,9-11H,4,7-8,12H2,1H3,(H,26,28)(H,27,29). The van der Waals surface area contributed by atoms with E-state index in [1.54, 1.807) is 18.2 Å². The van der Waals surface area contributed by atoms with E-state index in [0.29, 0.717) is 10.7 Å². The molecular weight excluding hydrogens is 437 g/mol. The third-order valence-corrected chi connectivity index (χ3v) is 4.52. The minimum Gasteiger partial charge on any atom is -0.456 e. The Morgan fingerprint density at radius 2 is 1.71 bits per heavy atom. The van der Waals surface area contributed by atoms with E-state index in [4.69, 9.17) is 16.3 Å². The average molecular weight is 457 g/mol. The number of aryl methyl sites for hydroxylation is 1. The summed E-state index contributed by atoms with van der Waals surface area (Å²) in [4.78, 5) is 35.4. The molecule has 0 aliphatic carbocycles. The van der Waals surface area contributed by atoms with Crippen LogP contribution in [0.1, 0.15) is 30.4 Å². The fourth-order valence-corrected chi connectivity index (χ4v) is 2.71. The number of carbonyl (C=O) groups excluding carboxylic acids is 3. The van der Waals surface area contributed by atoms with Crippen LogP contribution < -0.4 is 10.6 Å². The Hall–Kier alpha value is -3.07. The molecule has 0 aromatic heterocycles. The quantitative estimate of drug-likeness (QED) is 0.550. The molecule has 2 aromatic carbocycles. The first-order valence-corrected chi connectivity index (χ1v) is 9.62. The molecule has 0 radical (unpaired) electrons. The van der Waals surface area contributed by atoms with Gasteiger partial charge in [-0.05, 0) is 43.2 Å². The van der Waals surface area contributed by atoms with Gasteiger partial charge >= 0.3 is 12.1 Å². The Kier molecular flexibility index (Phi) is 8.44. The predicted molar refractivity (Wildman–Crippen MR) is 110 cm³/mol.